The molecule has 8 nitrogen and oxygen atoms in total. The lowest BCUT2D eigenvalue weighted by atomic mass is 10.1. The van der Waals surface area contributed by atoms with Gasteiger partial charge >= 0.3 is 0 Å². The molecule has 0 aliphatic carbocycles. The molecule has 2 aromatic carbocycles. The van der Waals surface area contributed by atoms with Gasteiger partial charge in [-0.25, -0.2) is 0 Å². The van der Waals surface area contributed by atoms with Gasteiger partial charge in [-0.05, 0) is 31.2 Å². The third-order valence-electron chi connectivity index (χ3n) is 3.90. The van der Waals surface area contributed by atoms with Gasteiger partial charge in [0.25, 0.3) is 11.8 Å². The van der Waals surface area contributed by atoms with Crippen LogP contribution in [-0.4, -0.2) is 23.8 Å². The third-order valence-corrected chi connectivity index (χ3v) is 3.90. The molecule has 3 aromatic rings. The topological polar surface area (TPSA) is 103 Å². The van der Waals surface area contributed by atoms with Gasteiger partial charge in [-0.3, -0.25) is 9.59 Å². The van der Waals surface area contributed by atoms with Crippen molar-refractivity contribution in [1.82, 2.24) is 5.16 Å². The number of anilines is 2. The summed E-state index contributed by atoms with van der Waals surface area (Å²) in [4.78, 5) is 25.0. The summed E-state index contributed by atoms with van der Waals surface area (Å²) < 4.78 is 15.5. The summed E-state index contributed by atoms with van der Waals surface area (Å²) in [5, 5.41) is 9.14. The van der Waals surface area contributed by atoms with E-state index in [1.54, 1.807) is 49.4 Å². The van der Waals surface area contributed by atoms with Gasteiger partial charge in [0, 0.05) is 17.8 Å². The van der Waals surface area contributed by atoms with E-state index in [1.165, 1.54) is 6.07 Å². The van der Waals surface area contributed by atoms with Crippen molar-refractivity contribution < 1.29 is 23.6 Å². The molecule has 0 unspecified atom stereocenters. The van der Waals surface area contributed by atoms with Crippen molar-refractivity contribution in [2.75, 3.05) is 17.4 Å². The van der Waals surface area contributed by atoms with E-state index < -0.39 is 5.91 Å². The molecule has 4 rings (SSSR count). The van der Waals surface area contributed by atoms with Gasteiger partial charge in [0.05, 0.1) is 16.9 Å². The largest absolute Gasteiger partial charge is 0.454 e. The van der Waals surface area contributed by atoms with E-state index in [0.29, 0.717) is 34.1 Å². The highest BCUT2D eigenvalue weighted by Crippen LogP contribution is 2.34. The Morgan fingerprint density at radius 2 is 1.78 bits per heavy atom. The van der Waals surface area contributed by atoms with E-state index in [-0.39, 0.29) is 18.5 Å². The number of carbonyl (C=O) groups excluding carboxylic acids is 2. The molecule has 1 aliphatic rings. The highest BCUT2D eigenvalue weighted by molar-refractivity contribution is 6.12. The summed E-state index contributed by atoms with van der Waals surface area (Å²) in [6.07, 6.45) is 0. The second-order valence-electron chi connectivity index (χ2n) is 5.85. The Morgan fingerprint density at radius 1 is 0.963 bits per heavy atom. The van der Waals surface area contributed by atoms with Crippen LogP contribution in [0.25, 0.3) is 0 Å². The standard InChI is InChI=1S/C19H15N3O5/c1-11-8-17(27-22-11)19(24)21-14-5-3-2-4-13(14)18(23)20-12-6-7-15-16(9-12)26-10-25-15/h2-9H,10H2,1H3,(H,20,23)(H,21,24). The Morgan fingerprint density at radius 3 is 2.59 bits per heavy atom. The first kappa shape index (κ1) is 16.6. The highest BCUT2D eigenvalue weighted by Gasteiger charge is 2.18. The number of aromatic nitrogens is 1. The number of ether oxygens (including phenoxy) is 2. The Hall–Kier alpha value is -3.81. The molecule has 27 heavy (non-hydrogen) atoms. The summed E-state index contributed by atoms with van der Waals surface area (Å²) in [6, 6.07) is 13.3. The van der Waals surface area contributed by atoms with Gasteiger partial charge in [-0.15, -0.1) is 0 Å². The molecule has 1 aliphatic heterocycles. The molecule has 0 atom stereocenters. The number of nitrogens with zero attached hydrogens (tertiary/aromatic N) is 1. The normalized spacial score (nSPS) is 11.9. The van der Waals surface area contributed by atoms with Gasteiger partial charge in [0.2, 0.25) is 12.6 Å². The SMILES string of the molecule is Cc1cc(C(=O)Nc2ccccc2C(=O)Nc2ccc3c(c2)OCO3)on1. The van der Waals surface area contributed by atoms with Crippen LogP contribution in [0.5, 0.6) is 11.5 Å². The first-order valence-corrected chi connectivity index (χ1v) is 8.15. The quantitative estimate of drug-likeness (QED) is 0.736. The maximum Gasteiger partial charge on any atom is 0.294 e. The molecule has 0 radical (unpaired) electrons. The molecule has 2 N–H and O–H groups in total. The molecular formula is C19H15N3O5. The average Bonchev–Trinajstić information content (AvgIpc) is 3.30. The molecule has 0 fully saturated rings. The zero-order valence-corrected chi connectivity index (χ0v) is 14.3. The lowest BCUT2D eigenvalue weighted by Crippen LogP contribution is -2.18. The minimum Gasteiger partial charge on any atom is -0.454 e. The number of amides is 2. The van der Waals surface area contributed by atoms with Crippen molar-refractivity contribution in [2.24, 2.45) is 0 Å². The minimum absolute atomic E-state index is 0.0680. The minimum atomic E-state index is -0.487. The smallest absolute Gasteiger partial charge is 0.294 e. The molecule has 0 saturated carbocycles. The lowest BCUT2D eigenvalue weighted by Gasteiger charge is -2.11. The average molecular weight is 365 g/mol. The maximum absolute atomic E-state index is 12.7. The summed E-state index contributed by atoms with van der Waals surface area (Å²) >= 11 is 0. The summed E-state index contributed by atoms with van der Waals surface area (Å²) in [7, 11) is 0. The predicted molar refractivity (Wildman–Crippen MR) is 96.2 cm³/mol. The first-order valence-electron chi connectivity index (χ1n) is 8.15. The van der Waals surface area contributed by atoms with E-state index >= 15 is 0 Å². The number of para-hydroxylation sites is 1. The van der Waals surface area contributed by atoms with Crippen LogP contribution in [0.4, 0.5) is 11.4 Å². The van der Waals surface area contributed by atoms with Gasteiger partial charge in [-0.2, -0.15) is 0 Å². The molecule has 2 amide bonds. The number of aryl methyl sites for hydroxylation is 1. The van der Waals surface area contributed by atoms with E-state index in [4.69, 9.17) is 14.0 Å². The van der Waals surface area contributed by atoms with Crippen LogP contribution >= 0.6 is 0 Å². The summed E-state index contributed by atoms with van der Waals surface area (Å²) in [5.74, 6) is 0.397. The third kappa shape index (κ3) is 3.45. The summed E-state index contributed by atoms with van der Waals surface area (Å²) in [6.45, 7) is 1.87. The second kappa shape index (κ2) is 6.83. The maximum atomic E-state index is 12.7. The Balaban J connectivity index is 1.53. The number of fused-ring (bicyclic) bond motifs is 1. The number of nitrogens with one attached hydrogen (secondary N) is 2. The molecule has 1 aromatic heterocycles. The lowest BCUT2D eigenvalue weighted by molar-refractivity contribution is 0.0988. The number of rotatable bonds is 4. The zero-order valence-electron chi connectivity index (χ0n) is 14.3. The van der Waals surface area contributed by atoms with Crippen LogP contribution < -0.4 is 20.1 Å². The van der Waals surface area contributed by atoms with Crippen molar-refractivity contribution in [3.63, 3.8) is 0 Å². The molecule has 8 heteroatoms. The highest BCUT2D eigenvalue weighted by atomic mass is 16.7. The van der Waals surface area contributed by atoms with Gasteiger partial charge in [-0.1, -0.05) is 17.3 Å². The van der Waals surface area contributed by atoms with Crippen LogP contribution in [0, 0.1) is 6.92 Å². The molecular weight excluding hydrogens is 350 g/mol. The van der Waals surface area contributed by atoms with Crippen LogP contribution in [-0.2, 0) is 0 Å². The first-order chi connectivity index (χ1) is 13.1. The van der Waals surface area contributed by atoms with Crippen molar-refractivity contribution in [3.05, 3.63) is 65.5 Å². The van der Waals surface area contributed by atoms with Crippen LogP contribution in [0.1, 0.15) is 26.6 Å². The fraction of sp³-hybridized carbons (Fsp3) is 0.105. The number of carbonyl (C=O) groups is 2. The van der Waals surface area contributed by atoms with E-state index in [1.807, 2.05) is 0 Å². The monoisotopic (exact) mass is 365 g/mol. The second-order valence-corrected chi connectivity index (χ2v) is 5.85. The van der Waals surface area contributed by atoms with Gasteiger partial charge in [0.1, 0.15) is 0 Å². The Labute approximate surface area is 154 Å². The fourth-order valence-electron chi connectivity index (χ4n) is 2.62. The predicted octanol–water partition coefficient (Wildman–Crippen LogP) is 3.22. The number of hydrogen-bond acceptors (Lipinski definition) is 6. The zero-order chi connectivity index (χ0) is 18.8. The fourth-order valence-corrected chi connectivity index (χ4v) is 2.62. The molecule has 0 saturated heterocycles. The number of benzene rings is 2. The summed E-state index contributed by atoms with van der Waals surface area (Å²) in [5.41, 5.74) is 1.81. The molecule has 136 valence electrons. The van der Waals surface area contributed by atoms with E-state index in [9.17, 15) is 9.59 Å². The van der Waals surface area contributed by atoms with E-state index in [0.717, 1.165) is 0 Å². The van der Waals surface area contributed by atoms with Crippen molar-refractivity contribution in [2.45, 2.75) is 6.92 Å². The van der Waals surface area contributed by atoms with Crippen LogP contribution in [0.15, 0.2) is 53.1 Å². The van der Waals surface area contributed by atoms with Gasteiger partial charge < -0.3 is 24.6 Å². The van der Waals surface area contributed by atoms with Gasteiger partial charge in [0.15, 0.2) is 11.5 Å². The van der Waals surface area contributed by atoms with Crippen molar-refractivity contribution in [3.8, 4) is 11.5 Å². The van der Waals surface area contributed by atoms with Crippen LogP contribution in [0.2, 0.25) is 0 Å². The Kier molecular flexibility index (Phi) is 4.21. The van der Waals surface area contributed by atoms with Crippen LogP contribution in [0.3, 0.4) is 0 Å². The molecule has 0 spiro atoms. The molecule has 0 bridgehead atoms. The molecule has 2 heterocycles. The van der Waals surface area contributed by atoms with Crippen molar-refractivity contribution >= 4 is 23.2 Å². The Bertz CT molecular complexity index is 1030. The van der Waals surface area contributed by atoms with E-state index in [2.05, 4.69) is 15.8 Å². The van der Waals surface area contributed by atoms with Crippen molar-refractivity contribution in [1.29, 1.82) is 0 Å². The number of hydrogen-bond donors (Lipinski definition) is 2.